The van der Waals surface area contributed by atoms with Gasteiger partial charge >= 0.3 is 6.09 Å². The van der Waals surface area contributed by atoms with E-state index >= 15 is 16.8 Å². The molecule has 5 aromatic carbocycles. The third kappa shape index (κ3) is 11.7. The summed E-state index contributed by atoms with van der Waals surface area (Å²) in [7, 11) is -5.54. The minimum absolute atomic E-state index is 0.0175. The highest BCUT2D eigenvalue weighted by atomic mass is 32.2. The molecule has 2 saturated heterocycles. The molecule has 6 aromatic rings. The lowest BCUT2D eigenvalue weighted by Gasteiger charge is -2.35. The number of rotatable bonds is 18. The molecule has 0 spiro atoms. The number of tetrazole rings is 1. The fraction of sp³-hybridized carbons (Fsp3) is 0.340. The van der Waals surface area contributed by atoms with Crippen LogP contribution in [0.4, 0.5) is 10.5 Å². The number of carbonyl (C=O) groups excluding carboxylic acids is 4. The fourth-order valence-electron chi connectivity index (χ4n) is 9.19. The van der Waals surface area contributed by atoms with Crippen LogP contribution in [0.3, 0.4) is 0 Å². The average Bonchev–Trinajstić information content (AvgIpc) is 4.19. The quantitative estimate of drug-likeness (QED) is 0.0996. The summed E-state index contributed by atoms with van der Waals surface area (Å²) in [5.74, 6) is -1.09. The molecule has 4 amide bonds. The van der Waals surface area contributed by atoms with Crippen molar-refractivity contribution in [1.29, 1.82) is 0 Å². The summed E-state index contributed by atoms with van der Waals surface area (Å²) >= 11 is 0. The molecule has 0 bridgehead atoms. The number of hydroxylamine groups is 2. The molecule has 0 saturated carbocycles. The maximum atomic E-state index is 16.3. The molecule has 404 valence electrons. The van der Waals surface area contributed by atoms with Gasteiger partial charge in [0.15, 0.2) is 6.10 Å². The second-order valence-electron chi connectivity index (χ2n) is 19.5. The van der Waals surface area contributed by atoms with E-state index < -0.39 is 77.0 Å². The van der Waals surface area contributed by atoms with E-state index in [2.05, 4.69) is 20.1 Å². The number of amides is 4. The molecule has 1 aromatic heterocycles. The van der Waals surface area contributed by atoms with Crippen LogP contribution in [0.5, 0.6) is 17.2 Å². The molecule has 2 atom stereocenters. The predicted molar refractivity (Wildman–Crippen MR) is 278 cm³/mol. The standard InChI is InChI=1S/C53H57N9O13S2/c1-53(2,3)74-52(66)58-29-27-37(33-58)56-76(67,68)45-26-25-43(60-28-9-12-44(51(60)65)75-62-49(63)41-10-7-8-11-42(41)50(62)64)46(48-54-57-61(55-48)32-36-17-23-40(73-6)24-18-36)47(45)77(69,70)59(30-34-13-19-38(71-4)20-14-34)31-35-15-21-39(72-5)22-16-35/h7-8,10-11,13-26,37,44,56H,9,12,27-33H2,1-6H3/t37-,44-/m1/s1. The minimum Gasteiger partial charge on any atom is -0.497 e. The van der Waals surface area contributed by atoms with E-state index in [1.807, 2.05) is 0 Å². The van der Waals surface area contributed by atoms with Crippen molar-refractivity contribution in [3.05, 3.63) is 137 Å². The summed E-state index contributed by atoms with van der Waals surface area (Å²) < 4.78 is 88.6. The van der Waals surface area contributed by atoms with Gasteiger partial charge < -0.3 is 28.7 Å². The highest BCUT2D eigenvalue weighted by molar-refractivity contribution is 7.92. The van der Waals surface area contributed by atoms with E-state index in [0.29, 0.717) is 39.0 Å². The number of imide groups is 1. The first-order valence-electron chi connectivity index (χ1n) is 24.6. The Bertz CT molecular complexity index is 3340. The van der Waals surface area contributed by atoms with Gasteiger partial charge in [-0.2, -0.15) is 9.10 Å². The molecule has 0 radical (unpaired) electrons. The Kier molecular flexibility index (Phi) is 15.5. The highest BCUT2D eigenvalue weighted by Gasteiger charge is 2.45. The first kappa shape index (κ1) is 54.0. The number of hydrogen-bond acceptors (Lipinski definition) is 16. The predicted octanol–water partition coefficient (Wildman–Crippen LogP) is 5.82. The van der Waals surface area contributed by atoms with E-state index in [4.69, 9.17) is 23.8 Å². The van der Waals surface area contributed by atoms with E-state index in [0.717, 1.165) is 10.4 Å². The van der Waals surface area contributed by atoms with Crippen molar-refractivity contribution in [1.82, 2.24) is 39.2 Å². The van der Waals surface area contributed by atoms with Crippen molar-refractivity contribution in [3.8, 4) is 28.6 Å². The van der Waals surface area contributed by atoms with E-state index in [9.17, 15) is 19.2 Å². The maximum absolute atomic E-state index is 16.3. The highest BCUT2D eigenvalue weighted by Crippen LogP contribution is 2.43. The van der Waals surface area contributed by atoms with Gasteiger partial charge in [-0.3, -0.25) is 14.4 Å². The molecule has 9 rings (SSSR count). The Hall–Kier alpha value is -7.77. The summed E-state index contributed by atoms with van der Waals surface area (Å²) in [5.41, 5.74) is 0.503. The lowest BCUT2D eigenvalue weighted by Crippen LogP contribution is -2.49. The summed E-state index contributed by atoms with van der Waals surface area (Å²) in [5, 5.41) is 13.9. The van der Waals surface area contributed by atoms with Crippen molar-refractivity contribution < 1.29 is 59.8 Å². The summed E-state index contributed by atoms with van der Waals surface area (Å²) in [6.45, 7) is 4.52. The number of fused-ring (bicyclic) bond motifs is 1. The van der Waals surface area contributed by atoms with Gasteiger partial charge in [-0.05, 0) is 123 Å². The fourth-order valence-corrected chi connectivity index (χ4v) is 12.9. The number of piperidine rings is 1. The third-order valence-electron chi connectivity index (χ3n) is 13.0. The molecule has 3 aliphatic rings. The van der Waals surface area contributed by atoms with Crippen molar-refractivity contribution in [2.45, 2.75) is 87.2 Å². The maximum Gasteiger partial charge on any atom is 0.410 e. The van der Waals surface area contributed by atoms with E-state index in [1.54, 1.807) is 106 Å². The number of methoxy groups -OCH3 is 3. The molecule has 3 aliphatic heterocycles. The minimum atomic E-state index is -5.14. The van der Waals surface area contributed by atoms with Crippen molar-refractivity contribution in [3.63, 3.8) is 0 Å². The molecule has 4 heterocycles. The van der Waals surface area contributed by atoms with Crippen LogP contribution < -0.4 is 23.8 Å². The normalized spacial score (nSPS) is 17.0. The van der Waals surface area contributed by atoms with Crippen molar-refractivity contribution in [2.24, 2.45) is 0 Å². The second kappa shape index (κ2) is 22.1. The number of nitrogens with one attached hydrogen (secondary N) is 1. The van der Waals surface area contributed by atoms with Crippen LogP contribution in [0, 0.1) is 0 Å². The SMILES string of the molecule is COc1ccc(CN(Cc2ccc(OC)cc2)S(=O)(=O)c2c(S(=O)(=O)N[C@@H]3CCN(C(=O)OC(C)(C)C)C3)ccc(N3CCC[C@@H](ON4C(=O)c5ccccc5C4=O)C3=O)c2-c2nnn(Cc3ccc(OC)cc3)n2)cc1. The monoisotopic (exact) mass is 1090 g/mol. The molecule has 77 heavy (non-hydrogen) atoms. The molecular formula is C53H57N9O13S2. The van der Waals surface area contributed by atoms with Gasteiger partial charge in [0, 0.05) is 38.8 Å². The first-order valence-corrected chi connectivity index (χ1v) is 27.5. The van der Waals surface area contributed by atoms with Crippen LogP contribution in [0.25, 0.3) is 11.4 Å². The van der Waals surface area contributed by atoms with Crippen molar-refractivity contribution >= 4 is 49.5 Å². The molecule has 0 aliphatic carbocycles. The molecule has 1 N–H and O–H groups in total. The number of sulfonamides is 2. The van der Waals surface area contributed by atoms with Gasteiger partial charge in [-0.25, -0.2) is 31.2 Å². The molecule has 2 fully saturated rings. The van der Waals surface area contributed by atoms with Gasteiger partial charge in [0.25, 0.3) is 17.7 Å². The molecular weight excluding hydrogens is 1030 g/mol. The Morgan fingerprint density at radius 2 is 1.29 bits per heavy atom. The zero-order valence-electron chi connectivity index (χ0n) is 43.1. The van der Waals surface area contributed by atoms with Crippen molar-refractivity contribution in [2.75, 3.05) is 45.9 Å². The van der Waals surface area contributed by atoms with Crippen LogP contribution in [-0.2, 0) is 54.0 Å². The summed E-state index contributed by atoms with van der Waals surface area (Å²) in [6, 6.07) is 28.0. The van der Waals surface area contributed by atoms with Gasteiger partial charge in [0.1, 0.15) is 32.6 Å². The largest absolute Gasteiger partial charge is 0.497 e. The van der Waals surface area contributed by atoms with Gasteiger partial charge in [0.05, 0.1) is 50.3 Å². The van der Waals surface area contributed by atoms with Crippen LogP contribution in [0.1, 0.15) is 77.4 Å². The summed E-state index contributed by atoms with van der Waals surface area (Å²) in [4.78, 5) is 63.3. The van der Waals surface area contributed by atoms with Gasteiger partial charge in [0.2, 0.25) is 25.9 Å². The van der Waals surface area contributed by atoms with Crippen LogP contribution in [0.2, 0.25) is 0 Å². The number of benzene rings is 5. The Balaban J connectivity index is 1.21. The number of ether oxygens (including phenoxy) is 4. The first-order chi connectivity index (χ1) is 36.8. The summed E-state index contributed by atoms with van der Waals surface area (Å²) in [6.07, 6.45) is -1.67. The zero-order chi connectivity index (χ0) is 54.8. The van der Waals surface area contributed by atoms with Gasteiger partial charge in [-0.15, -0.1) is 15.3 Å². The van der Waals surface area contributed by atoms with E-state index in [1.165, 1.54) is 54.1 Å². The Morgan fingerprint density at radius 1 is 0.727 bits per heavy atom. The zero-order valence-corrected chi connectivity index (χ0v) is 44.7. The Labute approximate surface area is 445 Å². The third-order valence-corrected chi connectivity index (χ3v) is 16.6. The topological polar surface area (TPSA) is 251 Å². The van der Waals surface area contributed by atoms with Crippen LogP contribution >= 0.6 is 0 Å². The number of hydrogen-bond donors (Lipinski definition) is 1. The number of carbonyl (C=O) groups is 4. The molecule has 22 nitrogen and oxygen atoms in total. The smallest absolute Gasteiger partial charge is 0.410 e. The second-order valence-corrected chi connectivity index (χ2v) is 23.0. The van der Waals surface area contributed by atoms with Crippen LogP contribution in [-0.4, -0.2) is 134 Å². The number of aromatic nitrogens is 4. The van der Waals surface area contributed by atoms with E-state index in [-0.39, 0.29) is 81.2 Å². The van der Waals surface area contributed by atoms with Crippen LogP contribution in [0.15, 0.2) is 119 Å². The average molecular weight is 1090 g/mol. The number of nitrogens with zero attached hydrogens (tertiary/aromatic N) is 8. The molecule has 0 unspecified atom stereocenters. The number of anilines is 1. The lowest BCUT2D eigenvalue weighted by atomic mass is 10.0. The number of likely N-dealkylation sites (tertiary alicyclic amines) is 1. The van der Waals surface area contributed by atoms with Gasteiger partial charge in [-0.1, -0.05) is 48.5 Å². The molecule has 24 heteroatoms. The Morgan fingerprint density at radius 3 is 1.83 bits per heavy atom. The lowest BCUT2D eigenvalue weighted by molar-refractivity contribution is -0.161.